The fourth-order valence-electron chi connectivity index (χ4n) is 1.24. The van der Waals surface area contributed by atoms with Crippen LogP contribution in [-0.4, -0.2) is 27.7 Å². The lowest BCUT2D eigenvalue weighted by Gasteiger charge is -2.06. The average Bonchev–Trinajstić information content (AvgIpc) is 2.73. The van der Waals surface area contributed by atoms with Crippen molar-refractivity contribution in [1.29, 1.82) is 0 Å². The molecule has 0 aliphatic rings. The fourth-order valence-corrected chi connectivity index (χ4v) is 1.39. The minimum Gasteiger partial charge on any atom is -0.434 e. The number of halogens is 2. The molecule has 5 nitrogen and oxygen atoms in total. The molecule has 0 amide bonds. The highest BCUT2D eigenvalue weighted by molar-refractivity contribution is 7.71. The number of aromatic amines is 1. The summed E-state index contributed by atoms with van der Waals surface area (Å²) in [6.07, 6.45) is 2.73. The molecule has 18 heavy (non-hydrogen) atoms. The number of nitrogens with one attached hydrogen (secondary N) is 1. The molecular weight excluding hydrogens is 262 g/mol. The van der Waals surface area contributed by atoms with E-state index in [0.717, 1.165) is 0 Å². The summed E-state index contributed by atoms with van der Waals surface area (Å²) in [5.74, 6) is 0.0475. The van der Waals surface area contributed by atoms with Crippen molar-refractivity contribution < 1.29 is 13.5 Å². The van der Waals surface area contributed by atoms with E-state index in [-0.39, 0.29) is 5.75 Å². The van der Waals surface area contributed by atoms with Crippen molar-refractivity contribution >= 4 is 18.4 Å². The first-order valence-electron chi connectivity index (χ1n) is 4.87. The molecule has 0 unspecified atom stereocenters. The van der Waals surface area contributed by atoms with Gasteiger partial charge in [-0.15, -0.1) is 0 Å². The second-order valence-corrected chi connectivity index (χ2v) is 3.55. The van der Waals surface area contributed by atoms with Crippen molar-refractivity contribution in [3.63, 3.8) is 0 Å². The third kappa shape index (κ3) is 2.98. The summed E-state index contributed by atoms with van der Waals surface area (Å²) in [5.41, 5.74) is 0.418. The number of para-hydroxylation sites is 1. The molecule has 94 valence electrons. The monoisotopic (exact) mass is 270 g/mol. The van der Waals surface area contributed by atoms with Crippen LogP contribution >= 0.6 is 12.2 Å². The SMILES string of the molecule is FC(F)Oc1ccccc1/C=N\n1cn[nH]c1=S. The lowest BCUT2D eigenvalue weighted by Crippen LogP contribution is -2.04. The number of alkyl halides is 2. The van der Waals surface area contributed by atoms with E-state index in [1.807, 2.05) is 0 Å². The van der Waals surface area contributed by atoms with Gasteiger partial charge in [0.05, 0.1) is 6.21 Å². The van der Waals surface area contributed by atoms with E-state index >= 15 is 0 Å². The zero-order valence-electron chi connectivity index (χ0n) is 8.96. The molecule has 0 fully saturated rings. The van der Waals surface area contributed by atoms with Gasteiger partial charge in [-0.05, 0) is 24.4 Å². The molecule has 0 saturated carbocycles. The summed E-state index contributed by atoms with van der Waals surface area (Å²) >= 11 is 4.88. The summed E-state index contributed by atoms with van der Waals surface area (Å²) in [7, 11) is 0. The zero-order chi connectivity index (χ0) is 13.0. The largest absolute Gasteiger partial charge is 0.434 e. The van der Waals surface area contributed by atoms with Crippen LogP contribution in [0.5, 0.6) is 5.75 Å². The number of ether oxygens (including phenoxy) is 1. The molecule has 0 radical (unpaired) electrons. The van der Waals surface area contributed by atoms with Crippen LogP contribution in [0.2, 0.25) is 0 Å². The molecule has 2 aromatic rings. The van der Waals surface area contributed by atoms with Gasteiger partial charge in [0.15, 0.2) is 0 Å². The van der Waals surface area contributed by atoms with Crippen LogP contribution in [-0.2, 0) is 0 Å². The van der Waals surface area contributed by atoms with Crippen molar-refractivity contribution in [1.82, 2.24) is 14.9 Å². The average molecular weight is 270 g/mol. The van der Waals surface area contributed by atoms with Gasteiger partial charge in [-0.2, -0.15) is 23.7 Å². The van der Waals surface area contributed by atoms with Crippen molar-refractivity contribution in [3.8, 4) is 5.75 Å². The van der Waals surface area contributed by atoms with Crippen LogP contribution in [0, 0.1) is 4.77 Å². The van der Waals surface area contributed by atoms with Crippen molar-refractivity contribution in [2.75, 3.05) is 0 Å². The van der Waals surface area contributed by atoms with E-state index in [1.54, 1.807) is 18.2 Å². The van der Waals surface area contributed by atoms with E-state index in [0.29, 0.717) is 10.3 Å². The maximum absolute atomic E-state index is 12.2. The number of rotatable bonds is 4. The maximum Gasteiger partial charge on any atom is 0.387 e. The minimum atomic E-state index is -2.88. The van der Waals surface area contributed by atoms with E-state index in [9.17, 15) is 8.78 Å². The predicted molar refractivity (Wildman–Crippen MR) is 63.5 cm³/mol. The second kappa shape index (κ2) is 5.50. The summed E-state index contributed by atoms with van der Waals surface area (Å²) in [6, 6.07) is 6.32. The molecule has 0 atom stereocenters. The van der Waals surface area contributed by atoms with Gasteiger partial charge in [-0.25, -0.2) is 0 Å². The van der Waals surface area contributed by atoms with Gasteiger partial charge in [-0.3, -0.25) is 5.10 Å². The van der Waals surface area contributed by atoms with E-state index in [4.69, 9.17) is 12.2 Å². The van der Waals surface area contributed by atoms with Crippen LogP contribution in [0.25, 0.3) is 0 Å². The molecule has 1 heterocycles. The standard InChI is InChI=1S/C10H8F2N4OS/c11-9(12)17-8-4-2-1-3-7(8)5-14-16-6-13-15-10(16)18/h1-6,9H,(H,15,18)/b14-5-. The Morgan fingerprint density at radius 3 is 2.89 bits per heavy atom. The van der Waals surface area contributed by atoms with Gasteiger partial charge in [0.2, 0.25) is 4.77 Å². The molecule has 1 N–H and O–H groups in total. The Morgan fingerprint density at radius 2 is 2.22 bits per heavy atom. The molecule has 1 aromatic heterocycles. The van der Waals surface area contributed by atoms with Crippen molar-refractivity contribution in [2.24, 2.45) is 5.10 Å². The third-order valence-corrected chi connectivity index (χ3v) is 2.27. The van der Waals surface area contributed by atoms with Crippen molar-refractivity contribution in [2.45, 2.75) is 6.61 Å². The van der Waals surface area contributed by atoms with E-state index in [2.05, 4.69) is 20.0 Å². The Morgan fingerprint density at radius 1 is 1.44 bits per heavy atom. The fraction of sp³-hybridized carbons (Fsp3) is 0.100. The highest BCUT2D eigenvalue weighted by Gasteiger charge is 2.07. The van der Waals surface area contributed by atoms with Gasteiger partial charge in [0.1, 0.15) is 12.1 Å². The number of nitrogens with zero attached hydrogens (tertiary/aromatic N) is 3. The number of aromatic nitrogens is 3. The van der Waals surface area contributed by atoms with E-state index < -0.39 is 6.61 Å². The molecule has 0 spiro atoms. The minimum absolute atomic E-state index is 0.0475. The molecule has 0 saturated heterocycles. The van der Waals surface area contributed by atoms with Crippen molar-refractivity contribution in [3.05, 3.63) is 40.9 Å². The number of benzene rings is 1. The quantitative estimate of drug-likeness (QED) is 0.685. The number of H-pyrrole nitrogens is 1. The third-order valence-electron chi connectivity index (χ3n) is 1.99. The van der Waals surface area contributed by atoms with Crippen LogP contribution in [0.1, 0.15) is 5.56 Å². The zero-order valence-corrected chi connectivity index (χ0v) is 9.77. The summed E-state index contributed by atoms with van der Waals surface area (Å²) in [6.45, 7) is -2.88. The van der Waals surface area contributed by atoms with Crippen LogP contribution < -0.4 is 4.74 Å². The van der Waals surface area contributed by atoms with Gasteiger partial charge < -0.3 is 4.74 Å². The highest BCUT2D eigenvalue weighted by atomic mass is 32.1. The Labute approximate surface area is 106 Å². The van der Waals surface area contributed by atoms with Gasteiger partial charge in [0.25, 0.3) is 0 Å². The number of hydrogen-bond donors (Lipinski definition) is 1. The normalized spacial score (nSPS) is 11.3. The molecule has 8 heteroatoms. The topological polar surface area (TPSA) is 55.2 Å². The summed E-state index contributed by atoms with van der Waals surface area (Å²) in [5, 5.41) is 10.2. The number of hydrogen-bond acceptors (Lipinski definition) is 4. The van der Waals surface area contributed by atoms with Gasteiger partial charge in [-0.1, -0.05) is 12.1 Å². The smallest absolute Gasteiger partial charge is 0.387 e. The van der Waals surface area contributed by atoms with E-state index in [1.165, 1.54) is 23.3 Å². The van der Waals surface area contributed by atoms with Crippen LogP contribution in [0.4, 0.5) is 8.78 Å². The summed E-state index contributed by atoms with van der Waals surface area (Å²) < 4.78 is 30.3. The Hall–Kier alpha value is -2.09. The predicted octanol–water partition coefficient (Wildman–Crippen LogP) is 2.42. The first-order valence-corrected chi connectivity index (χ1v) is 5.28. The molecule has 0 bridgehead atoms. The Kier molecular flexibility index (Phi) is 3.78. The molecule has 0 aliphatic carbocycles. The van der Waals surface area contributed by atoms with Gasteiger partial charge in [0, 0.05) is 5.56 Å². The van der Waals surface area contributed by atoms with Crippen LogP contribution in [0.15, 0.2) is 35.7 Å². The first-order chi connectivity index (χ1) is 8.66. The molecule has 0 aliphatic heterocycles. The molecular formula is C10H8F2N4OS. The highest BCUT2D eigenvalue weighted by Crippen LogP contribution is 2.18. The maximum atomic E-state index is 12.2. The summed E-state index contributed by atoms with van der Waals surface area (Å²) in [4.78, 5) is 0. The van der Waals surface area contributed by atoms with Gasteiger partial charge >= 0.3 is 6.61 Å². The molecule has 2 rings (SSSR count). The first kappa shape index (κ1) is 12.4. The lowest BCUT2D eigenvalue weighted by atomic mass is 10.2. The lowest BCUT2D eigenvalue weighted by molar-refractivity contribution is -0.0499. The second-order valence-electron chi connectivity index (χ2n) is 3.17. The Balaban J connectivity index is 2.26. The molecule has 1 aromatic carbocycles. The Bertz CT molecular complexity index is 608. The van der Waals surface area contributed by atoms with Crippen LogP contribution in [0.3, 0.4) is 0 Å².